The number of carboxylic acids is 1. The molecule has 1 aliphatic rings. The quantitative estimate of drug-likeness (QED) is 0.339. The molecule has 0 saturated heterocycles. The third kappa shape index (κ3) is 4.28. The molecule has 1 fully saturated rings. The molecule has 1 aliphatic carbocycles. The molecule has 0 aliphatic heterocycles. The van der Waals surface area contributed by atoms with Crippen molar-refractivity contribution < 1.29 is 32.6 Å². The highest BCUT2D eigenvalue weighted by Gasteiger charge is 2.46. The Hall–Kier alpha value is -4.27. The second-order valence-electron chi connectivity index (χ2n) is 8.85. The highest BCUT2D eigenvalue weighted by Crippen LogP contribution is 2.46. The zero-order valence-electron chi connectivity index (χ0n) is 19.1. The average molecular weight is 494 g/mol. The van der Waals surface area contributed by atoms with Crippen LogP contribution in [0.2, 0.25) is 0 Å². The van der Waals surface area contributed by atoms with Crippen molar-refractivity contribution in [2.24, 2.45) is 7.05 Å². The zero-order chi connectivity index (χ0) is 25.7. The molecule has 0 radical (unpaired) electrons. The summed E-state index contributed by atoms with van der Waals surface area (Å²) in [5, 5.41) is 12.8. The Balaban J connectivity index is 1.45. The van der Waals surface area contributed by atoms with Gasteiger partial charge in [0, 0.05) is 13.2 Å². The van der Waals surface area contributed by atoms with Crippen LogP contribution in [0.1, 0.15) is 44.7 Å². The molecular weight excluding hydrogens is 473 g/mol. The fourth-order valence-corrected chi connectivity index (χ4v) is 4.34. The summed E-state index contributed by atoms with van der Waals surface area (Å²) in [6.45, 7) is 0. The lowest BCUT2D eigenvalue weighted by Crippen LogP contribution is -2.34. The first-order valence-electron chi connectivity index (χ1n) is 11.2. The number of rotatable bonds is 6. The van der Waals surface area contributed by atoms with Gasteiger partial charge in [0.15, 0.2) is 0 Å². The molecule has 4 aromatic rings. The van der Waals surface area contributed by atoms with Crippen LogP contribution in [0.4, 0.5) is 13.2 Å². The fourth-order valence-electron chi connectivity index (χ4n) is 4.34. The molecule has 0 atom stereocenters. The number of ether oxygens (including phenoxy) is 1. The minimum Gasteiger partial charge on any atom is -0.478 e. The first-order valence-corrected chi connectivity index (χ1v) is 11.2. The first kappa shape index (κ1) is 23.5. The van der Waals surface area contributed by atoms with Crippen LogP contribution in [0, 0.1) is 0 Å². The number of amides is 1. The van der Waals surface area contributed by atoms with Crippen LogP contribution in [0.3, 0.4) is 0 Å². The molecule has 1 aromatic heterocycles. The monoisotopic (exact) mass is 494 g/mol. The number of benzene rings is 3. The van der Waals surface area contributed by atoms with E-state index in [1.807, 2.05) is 6.07 Å². The molecule has 0 bridgehead atoms. The SMILES string of the molecule is Cn1cc(C(=O)NC2(c3ccc(C(=O)O)cc3)CC2)c2c(Oc3ccc(C(F)(F)F)cc3)cccc21. The maximum atomic E-state index is 13.4. The molecule has 184 valence electrons. The van der Waals surface area contributed by atoms with Crippen molar-refractivity contribution in [2.45, 2.75) is 24.6 Å². The molecule has 1 amide bonds. The van der Waals surface area contributed by atoms with Gasteiger partial charge in [-0.2, -0.15) is 13.2 Å². The molecule has 36 heavy (non-hydrogen) atoms. The maximum Gasteiger partial charge on any atom is 0.416 e. The van der Waals surface area contributed by atoms with E-state index in [1.54, 1.807) is 42.1 Å². The van der Waals surface area contributed by atoms with Crippen LogP contribution in [0.5, 0.6) is 11.5 Å². The summed E-state index contributed by atoms with van der Waals surface area (Å²) in [5.41, 5.74) is 0.712. The van der Waals surface area contributed by atoms with E-state index in [2.05, 4.69) is 5.32 Å². The Kier molecular flexibility index (Phi) is 5.50. The van der Waals surface area contributed by atoms with Gasteiger partial charge >= 0.3 is 12.1 Å². The molecule has 5 rings (SSSR count). The van der Waals surface area contributed by atoms with Gasteiger partial charge in [-0.15, -0.1) is 0 Å². The second kappa shape index (κ2) is 8.44. The zero-order valence-corrected chi connectivity index (χ0v) is 19.1. The average Bonchev–Trinajstić information content (AvgIpc) is 3.54. The lowest BCUT2D eigenvalue weighted by molar-refractivity contribution is -0.137. The lowest BCUT2D eigenvalue weighted by Gasteiger charge is -2.18. The number of hydrogen-bond acceptors (Lipinski definition) is 3. The van der Waals surface area contributed by atoms with E-state index in [1.165, 1.54) is 24.3 Å². The van der Waals surface area contributed by atoms with Gasteiger partial charge in [-0.05, 0) is 66.9 Å². The van der Waals surface area contributed by atoms with Crippen LogP contribution in [0.25, 0.3) is 10.9 Å². The van der Waals surface area contributed by atoms with Crippen molar-refractivity contribution in [1.29, 1.82) is 0 Å². The van der Waals surface area contributed by atoms with Crippen LogP contribution >= 0.6 is 0 Å². The summed E-state index contributed by atoms with van der Waals surface area (Å²) in [6.07, 6.45) is -1.34. The Morgan fingerprint density at radius 3 is 2.25 bits per heavy atom. The summed E-state index contributed by atoms with van der Waals surface area (Å²) in [5.74, 6) is -0.799. The molecule has 6 nitrogen and oxygen atoms in total. The number of carbonyl (C=O) groups is 2. The van der Waals surface area contributed by atoms with E-state index < -0.39 is 23.2 Å². The minimum absolute atomic E-state index is 0.167. The molecule has 1 saturated carbocycles. The van der Waals surface area contributed by atoms with Gasteiger partial charge in [0.05, 0.1) is 33.1 Å². The number of fused-ring (bicyclic) bond motifs is 1. The predicted molar refractivity (Wildman–Crippen MR) is 126 cm³/mol. The van der Waals surface area contributed by atoms with E-state index in [-0.39, 0.29) is 17.2 Å². The fraction of sp³-hybridized carbons (Fsp3) is 0.185. The third-order valence-corrected chi connectivity index (χ3v) is 6.42. The molecular formula is C27H21F3N2O4. The van der Waals surface area contributed by atoms with Crippen LogP contribution in [-0.2, 0) is 18.8 Å². The number of nitrogens with zero attached hydrogens (tertiary/aromatic N) is 1. The van der Waals surface area contributed by atoms with Crippen molar-refractivity contribution in [3.63, 3.8) is 0 Å². The van der Waals surface area contributed by atoms with Crippen molar-refractivity contribution in [3.8, 4) is 11.5 Å². The largest absolute Gasteiger partial charge is 0.478 e. The van der Waals surface area contributed by atoms with Gasteiger partial charge in [0.25, 0.3) is 5.91 Å². The number of aromatic nitrogens is 1. The van der Waals surface area contributed by atoms with Crippen LogP contribution in [-0.4, -0.2) is 21.6 Å². The summed E-state index contributed by atoms with van der Waals surface area (Å²) in [7, 11) is 1.79. The van der Waals surface area contributed by atoms with Crippen LogP contribution < -0.4 is 10.1 Å². The summed E-state index contributed by atoms with van der Waals surface area (Å²) in [6, 6.07) is 16.0. The lowest BCUT2D eigenvalue weighted by atomic mass is 10.0. The molecule has 2 N–H and O–H groups in total. The smallest absolute Gasteiger partial charge is 0.416 e. The van der Waals surface area contributed by atoms with E-state index in [4.69, 9.17) is 9.84 Å². The number of aromatic carboxylic acids is 1. The number of nitrogens with one attached hydrogen (secondary N) is 1. The molecule has 1 heterocycles. The molecule has 0 spiro atoms. The van der Waals surface area contributed by atoms with Crippen molar-refractivity contribution in [1.82, 2.24) is 9.88 Å². The normalized spacial score (nSPS) is 14.4. The Morgan fingerprint density at radius 2 is 1.67 bits per heavy atom. The number of alkyl halides is 3. The van der Waals surface area contributed by atoms with Gasteiger partial charge in [0.1, 0.15) is 11.5 Å². The van der Waals surface area contributed by atoms with Crippen molar-refractivity contribution >= 4 is 22.8 Å². The number of halogens is 3. The van der Waals surface area contributed by atoms with E-state index in [0.29, 0.717) is 29.5 Å². The molecule has 0 unspecified atom stereocenters. The van der Waals surface area contributed by atoms with E-state index in [0.717, 1.165) is 23.2 Å². The predicted octanol–water partition coefficient (Wildman–Crippen LogP) is 6.11. The summed E-state index contributed by atoms with van der Waals surface area (Å²) < 4.78 is 46.4. The van der Waals surface area contributed by atoms with Gasteiger partial charge in [0.2, 0.25) is 0 Å². The Labute approximate surface area is 203 Å². The number of carbonyl (C=O) groups excluding carboxylic acids is 1. The number of hydrogen-bond donors (Lipinski definition) is 2. The second-order valence-corrected chi connectivity index (χ2v) is 8.85. The van der Waals surface area contributed by atoms with Crippen molar-refractivity contribution in [2.75, 3.05) is 0 Å². The number of aryl methyl sites for hydroxylation is 1. The van der Waals surface area contributed by atoms with Crippen molar-refractivity contribution in [3.05, 3.63) is 95.2 Å². The van der Waals surface area contributed by atoms with Gasteiger partial charge in [-0.1, -0.05) is 18.2 Å². The highest BCUT2D eigenvalue weighted by atomic mass is 19.4. The van der Waals surface area contributed by atoms with E-state index in [9.17, 15) is 22.8 Å². The number of carboxylic acid groups (broad SMARTS) is 1. The topological polar surface area (TPSA) is 80.6 Å². The third-order valence-electron chi connectivity index (χ3n) is 6.42. The highest BCUT2D eigenvalue weighted by molar-refractivity contribution is 6.09. The Morgan fingerprint density at radius 1 is 1.00 bits per heavy atom. The van der Waals surface area contributed by atoms with Gasteiger partial charge < -0.3 is 19.7 Å². The first-order chi connectivity index (χ1) is 17.1. The minimum atomic E-state index is -4.45. The van der Waals surface area contributed by atoms with Gasteiger partial charge in [-0.25, -0.2) is 4.79 Å². The molecule has 3 aromatic carbocycles. The summed E-state index contributed by atoms with van der Waals surface area (Å²) >= 11 is 0. The summed E-state index contributed by atoms with van der Waals surface area (Å²) in [4.78, 5) is 24.6. The van der Waals surface area contributed by atoms with E-state index >= 15 is 0 Å². The van der Waals surface area contributed by atoms with Gasteiger partial charge in [-0.3, -0.25) is 4.79 Å². The van der Waals surface area contributed by atoms with Crippen LogP contribution in [0.15, 0.2) is 72.9 Å². The Bertz CT molecular complexity index is 1470. The molecule has 9 heteroatoms. The maximum absolute atomic E-state index is 13.4. The standard InChI is InChI=1S/C27H21F3N2O4/c1-32-15-20(24(33)31-26(13-14-26)17-7-5-16(6-8-17)25(34)35)23-21(32)3-2-4-22(23)36-19-11-9-18(10-12-19)27(28,29)30/h2-12,15H,13-14H2,1H3,(H,31,33)(H,34,35).